The number of aryl methyl sites for hydroxylation is 2. The molecule has 0 aliphatic carbocycles. The quantitative estimate of drug-likeness (QED) is 0.860. The van der Waals surface area contributed by atoms with Gasteiger partial charge >= 0.3 is 0 Å². The fraction of sp³-hybridized carbons (Fsp3) is 0.769. The molecular weight excluding hydrogens is 244 g/mol. The van der Waals surface area contributed by atoms with E-state index in [0.29, 0.717) is 31.1 Å². The third-order valence-electron chi connectivity index (χ3n) is 3.57. The normalized spacial score (nSPS) is 19.7. The van der Waals surface area contributed by atoms with Crippen LogP contribution in [0.4, 0.5) is 0 Å². The van der Waals surface area contributed by atoms with E-state index in [0.717, 1.165) is 25.8 Å². The standard InChI is InChI=1S/C13H22N4O2/c1-10-15-12(19-16-10)6-4-7-13(18)17-8-3-2-5-11(17)9-14/h11H,2-9,14H2,1H3/t11-/m0/s1. The second kappa shape index (κ2) is 6.65. The van der Waals surface area contributed by atoms with Crippen LogP contribution in [0.1, 0.15) is 43.8 Å². The van der Waals surface area contributed by atoms with Crippen molar-refractivity contribution in [2.24, 2.45) is 5.73 Å². The number of carbonyl (C=O) groups is 1. The molecule has 19 heavy (non-hydrogen) atoms. The molecule has 1 amide bonds. The van der Waals surface area contributed by atoms with Gasteiger partial charge in [0.15, 0.2) is 5.82 Å². The Balaban J connectivity index is 1.77. The maximum atomic E-state index is 12.2. The number of nitrogens with zero attached hydrogens (tertiary/aromatic N) is 3. The van der Waals surface area contributed by atoms with Gasteiger partial charge < -0.3 is 15.2 Å². The van der Waals surface area contributed by atoms with Crippen molar-refractivity contribution >= 4 is 5.91 Å². The first kappa shape index (κ1) is 14.0. The van der Waals surface area contributed by atoms with Crippen molar-refractivity contribution in [1.29, 1.82) is 0 Å². The first-order valence-electron chi connectivity index (χ1n) is 6.99. The number of carbonyl (C=O) groups excluding carboxylic acids is 1. The van der Waals surface area contributed by atoms with Gasteiger partial charge in [-0.2, -0.15) is 4.98 Å². The van der Waals surface area contributed by atoms with Crippen LogP contribution in [-0.4, -0.2) is 40.1 Å². The molecule has 6 heteroatoms. The molecule has 1 fully saturated rings. The lowest BCUT2D eigenvalue weighted by Crippen LogP contribution is -2.47. The lowest BCUT2D eigenvalue weighted by molar-refractivity contribution is -0.134. The maximum absolute atomic E-state index is 12.2. The van der Waals surface area contributed by atoms with Crippen LogP contribution in [0, 0.1) is 6.92 Å². The molecule has 0 bridgehead atoms. The summed E-state index contributed by atoms with van der Waals surface area (Å²) >= 11 is 0. The maximum Gasteiger partial charge on any atom is 0.226 e. The third-order valence-corrected chi connectivity index (χ3v) is 3.57. The molecule has 1 saturated heterocycles. The predicted molar refractivity (Wildman–Crippen MR) is 70.4 cm³/mol. The van der Waals surface area contributed by atoms with E-state index in [-0.39, 0.29) is 11.9 Å². The lowest BCUT2D eigenvalue weighted by Gasteiger charge is -2.35. The van der Waals surface area contributed by atoms with E-state index >= 15 is 0 Å². The van der Waals surface area contributed by atoms with E-state index in [9.17, 15) is 4.79 Å². The van der Waals surface area contributed by atoms with Crippen molar-refractivity contribution in [3.63, 3.8) is 0 Å². The van der Waals surface area contributed by atoms with Crippen molar-refractivity contribution in [2.45, 2.75) is 51.5 Å². The number of nitrogens with two attached hydrogens (primary N) is 1. The predicted octanol–water partition coefficient (Wildman–Crippen LogP) is 1.04. The van der Waals surface area contributed by atoms with Crippen molar-refractivity contribution < 1.29 is 9.32 Å². The molecule has 1 aromatic rings. The van der Waals surface area contributed by atoms with Crippen LogP contribution in [0.5, 0.6) is 0 Å². The Bertz CT molecular complexity index is 419. The average Bonchev–Trinajstić information content (AvgIpc) is 2.84. The van der Waals surface area contributed by atoms with E-state index in [1.165, 1.54) is 6.42 Å². The van der Waals surface area contributed by atoms with Gasteiger partial charge in [-0.05, 0) is 32.6 Å². The monoisotopic (exact) mass is 266 g/mol. The van der Waals surface area contributed by atoms with E-state index in [4.69, 9.17) is 10.3 Å². The third kappa shape index (κ3) is 3.76. The number of rotatable bonds is 5. The van der Waals surface area contributed by atoms with Crippen molar-refractivity contribution in [3.05, 3.63) is 11.7 Å². The Kier molecular flexibility index (Phi) is 4.90. The molecule has 1 aliphatic heterocycles. The first-order valence-corrected chi connectivity index (χ1v) is 6.99. The van der Waals surface area contributed by atoms with E-state index in [1.807, 2.05) is 4.90 Å². The summed E-state index contributed by atoms with van der Waals surface area (Å²) in [4.78, 5) is 18.2. The molecule has 2 heterocycles. The highest BCUT2D eigenvalue weighted by Gasteiger charge is 2.24. The molecule has 1 aromatic heterocycles. The van der Waals surface area contributed by atoms with Gasteiger partial charge in [-0.25, -0.2) is 0 Å². The minimum atomic E-state index is 0.200. The molecule has 0 unspecified atom stereocenters. The van der Waals surface area contributed by atoms with Gasteiger partial charge in [-0.3, -0.25) is 4.79 Å². The number of aromatic nitrogens is 2. The highest BCUT2D eigenvalue weighted by molar-refractivity contribution is 5.76. The topological polar surface area (TPSA) is 85.2 Å². The second-order valence-corrected chi connectivity index (χ2v) is 5.06. The minimum Gasteiger partial charge on any atom is -0.339 e. The van der Waals surface area contributed by atoms with Crippen molar-refractivity contribution in [3.8, 4) is 0 Å². The molecule has 106 valence electrons. The molecular formula is C13H22N4O2. The fourth-order valence-corrected chi connectivity index (χ4v) is 2.55. The molecule has 1 aliphatic rings. The zero-order chi connectivity index (χ0) is 13.7. The van der Waals surface area contributed by atoms with Gasteiger partial charge in [-0.15, -0.1) is 0 Å². The highest BCUT2D eigenvalue weighted by atomic mass is 16.5. The zero-order valence-electron chi connectivity index (χ0n) is 11.5. The van der Waals surface area contributed by atoms with Crippen LogP contribution in [0.15, 0.2) is 4.52 Å². The minimum absolute atomic E-state index is 0.200. The molecule has 0 radical (unpaired) electrons. The van der Waals surface area contributed by atoms with Crippen LogP contribution in [0.3, 0.4) is 0 Å². The smallest absolute Gasteiger partial charge is 0.226 e. The number of hydrogen-bond donors (Lipinski definition) is 1. The van der Waals surface area contributed by atoms with E-state index < -0.39 is 0 Å². The zero-order valence-corrected chi connectivity index (χ0v) is 11.5. The molecule has 1 atom stereocenters. The Morgan fingerprint density at radius 1 is 1.53 bits per heavy atom. The summed E-state index contributed by atoms with van der Waals surface area (Å²) in [6.45, 7) is 3.20. The lowest BCUT2D eigenvalue weighted by atomic mass is 10.0. The number of amides is 1. The van der Waals surface area contributed by atoms with Crippen LogP contribution in [0.25, 0.3) is 0 Å². The van der Waals surface area contributed by atoms with E-state index in [2.05, 4.69) is 10.1 Å². The van der Waals surface area contributed by atoms with Gasteiger partial charge in [0.25, 0.3) is 0 Å². The molecule has 2 N–H and O–H groups in total. The first-order chi connectivity index (χ1) is 9.20. The van der Waals surface area contributed by atoms with Gasteiger partial charge in [-0.1, -0.05) is 5.16 Å². The van der Waals surface area contributed by atoms with Gasteiger partial charge in [0.1, 0.15) is 0 Å². The van der Waals surface area contributed by atoms with Crippen LogP contribution >= 0.6 is 0 Å². The van der Waals surface area contributed by atoms with Crippen molar-refractivity contribution in [2.75, 3.05) is 13.1 Å². The molecule has 0 saturated carbocycles. The molecule has 0 aromatic carbocycles. The number of likely N-dealkylation sites (tertiary alicyclic amines) is 1. The summed E-state index contributed by atoms with van der Waals surface area (Å²) in [5.41, 5.74) is 5.73. The summed E-state index contributed by atoms with van der Waals surface area (Å²) in [6, 6.07) is 0.229. The average molecular weight is 266 g/mol. The molecule has 6 nitrogen and oxygen atoms in total. The van der Waals surface area contributed by atoms with Crippen LogP contribution in [0.2, 0.25) is 0 Å². The fourth-order valence-electron chi connectivity index (χ4n) is 2.55. The Hall–Kier alpha value is -1.43. The van der Waals surface area contributed by atoms with Crippen molar-refractivity contribution in [1.82, 2.24) is 15.0 Å². The summed E-state index contributed by atoms with van der Waals surface area (Å²) in [5.74, 6) is 1.45. The Morgan fingerprint density at radius 3 is 3.05 bits per heavy atom. The Morgan fingerprint density at radius 2 is 2.37 bits per heavy atom. The highest BCUT2D eigenvalue weighted by Crippen LogP contribution is 2.17. The summed E-state index contributed by atoms with van der Waals surface area (Å²) in [7, 11) is 0. The van der Waals surface area contributed by atoms with Crippen LogP contribution < -0.4 is 5.73 Å². The summed E-state index contributed by atoms with van der Waals surface area (Å²) < 4.78 is 5.03. The molecule has 0 spiro atoms. The molecule has 2 rings (SSSR count). The largest absolute Gasteiger partial charge is 0.339 e. The second-order valence-electron chi connectivity index (χ2n) is 5.06. The SMILES string of the molecule is Cc1noc(CCCC(=O)N2CCCC[C@H]2CN)n1. The van der Waals surface area contributed by atoms with Gasteiger partial charge in [0.2, 0.25) is 11.8 Å². The van der Waals surface area contributed by atoms with Gasteiger partial charge in [0, 0.05) is 32.0 Å². The number of hydrogen-bond acceptors (Lipinski definition) is 5. The summed E-state index contributed by atoms with van der Waals surface area (Å²) in [5, 5.41) is 3.73. The number of piperidine rings is 1. The van der Waals surface area contributed by atoms with Crippen LogP contribution in [-0.2, 0) is 11.2 Å². The van der Waals surface area contributed by atoms with E-state index in [1.54, 1.807) is 6.92 Å². The Labute approximate surface area is 113 Å². The van der Waals surface area contributed by atoms with Gasteiger partial charge in [0.05, 0.1) is 0 Å². The summed E-state index contributed by atoms with van der Waals surface area (Å²) in [6.07, 6.45) is 5.23.